The smallest absolute Gasteiger partial charge is 0.227 e. The van der Waals surface area contributed by atoms with Gasteiger partial charge in [-0.25, -0.2) is 9.97 Å². The standard InChI is InChI=1S/C22H21ClN4O3/c1-13(28)24-12-21-25-17-10-14(22-26-18-11-15(23)3-5-20(18)30-22)2-4-19(17)27(21)16-6-8-29-9-7-16/h2-5,10-11,16H,6-9,12H2,1H3,(H,24,28). The minimum absolute atomic E-state index is 0.0774. The summed E-state index contributed by atoms with van der Waals surface area (Å²) >= 11 is 6.06. The van der Waals surface area contributed by atoms with Gasteiger partial charge in [0.05, 0.1) is 17.6 Å². The lowest BCUT2D eigenvalue weighted by Crippen LogP contribution is -2.25. The van der Waals surface area contributed by atoms with Crippen molar-refractivity contribution in [3.63, 3.8) is 0 Å². The summed E-state index contributed by atoms with van der Waals surface area (Å²) in [6.07, 6.45) is 1.85. The lowest BCUT2D eigenvalue weighted by atomic mass is 10.1. The summed E-state index contributed by atoms with van der Waals surface area (Å²) in [7, 11) is 0. The fourth-order valence-electron chi connectivity index (χ4n) is 3.98. The van der Waals surface area contributed by atoms with Crippen LogP contribution < -0.4 is 5.32 Å². The van der Waals surface area contributed by atoms with Gasteiger partial charge in [0.25, 0.3) is 0 Å². The van der Waals surface area contributed by atoms with Crippen molar-refractivity contribution >= 4 is 39.6 Å². The average Bonchev–Trinajstić information content (AvgIpc) is 3.33. The number of nitrogens with zero attached hydrogens (tertiary/aromatic N) is 3. The molecule has 8 heteroatoms. The molecule has 154 valence electrons. The molecule has 0 spiro atoms. The Kier molecular flexibility index (Phi) is 4.92. The van der Waals surface area contributed by atoms with Gasteiger partial charge in [0.2, 0.25) is 11.8 Å². The highest BCUT2D eigenvalue weighted by Gasteiger charge is 2.22. The first-order chi connectivity index (χ1) is 14.6. The van der Waals surface area contributed by atoms with Crippen molar-refractivity contribution in [2.75, 3.05) is 13.2 Å². The third kappa shape index (κ3) is 3.55. The number of rotatable bonds is 4. The molecule has 2 aromatic heterocycles. The van der Waals surface area contributed by atoms with Crippen molar-refractivity contribution in [3.8, 4) is 11.5 Å². The van der Waals surface area contributed by atoms with Gasteiger partial charge in [0, 0.05) is 36.8 Å². The predicted molar refractivity (Wildman–Crippen MR) is 114 cm³/mol. The van der Waals surface area contributed by atoms with Crippen LogP contribution in [-0.2, 0) is 16.1 Å². The number of aromatic nitrogens is 3. The van der Waals surface area contributed by atoms with Crippen LogP contribution in [-0.4, -0.2) is 33.7 Å². The molecule has 1 saturated heterocycles. The Balaban J connectivity index is 1.58. The van der Waals surface area contributed by atoms with Gasteiger partial charge in [-0.2, -0.15) is 0 Å². The first-order valence-corrected chi connectivity index (χ1v) is 10.4. The second-order valence-electron chi connectivity index (χ2n) is 7.49. The predicted octanol–water partition coefficient (Wildman–Crippen LogP) is 4.49. The van der Waals surface area contributed by atoms with Crippen LogP contribution in [0.3, 0.4) is 0 Å². The molecule has 0 radical (unpaired) electrons. The number of halogens is 1. The molecule has 0 bridgehead atoms. The van der Waals surface area contributed by atoms with Gasteiger partial charge in [0.1, 0.15) is 11.3 Å². The number of carbonyl (C=O) groups is 1. The Bertz CT molecular complexity index is 1240. The van der Waals surface area contributed by atoms with E-state index in [0.29, 0.717) is 29.1 Å². The van der Waals surface area contributed by atoms with Crippen LogP contribution in [0.4, 0.5) is 0 Å². The quantitative estimate of drug-likeness (QED) is 0.522. The van der Waals surface area contributed by atoms with Gasteiger partial charge in [-0.1, -0.05) is 11.6 Å². The maximum absolute atomic E-state index is 11.5. The minimum Gasteiger partial charge on any atom is -0.436 e. The second-order valence-corrected chi connectivity index (χ2v) is 7.92. The molecule has 4 aromatic rings. The number of amides is 1. The van der Waals surface area contributed by atoms with Crippen molar-refractivity contribution < 1.29 is 13.9 Å². The molecule has 1 aliphatic rings. The van der Waals surface area contributed by atoms with Crippen molar-refractivity contribution in [2.45, 2.75) is 32.4 Å². The Morgan fingerprint density at radius 3 is 2.80 bits per heavy atom. The summed E-state index contributed by atoms with van der Waals surface area (Å²) in [6, 6.07) is 11.7. The maximum atomic E-state index is 11.5. The van der Waals surface area contributed by atoms with E-state index in [1.54, 1.807) is 12.1 Å². The SMILES string of the molecule is CC(=O)NCc1nc2cc(-c3nc4cc(Cl)ccc4o3)ccc2n1C1CCOCC1. The molecule has 0 saturated carbocycles. The highest BCUT2D eigenvalue weighted by molar-refractivity contribution is 6.31. The third-order valence-corrected chi connectivity index (χ3v) is 5.65. The van der Waals surface area contributed by atoms with Crippen LogP contribution in [0.25, 0.3) is 33.6 Å². The summed E-state index contributed by atoms with van der Waals surface area (Å²) in [5.41, 5.74) is 4.13. The number of hydrogen-bond donors (Lipinski definition) is 1. The molecule has 0 atom stereocenters. The highest BCUT2D eigenvalue weighted by atomic mass is 35.5. The molecule has 1 aliphatic heterocycles. The summed E-state index contributed by atoms with van der Waals surface area (Å²) in [4.78, 5) is 20.9. The fraction of sp³-hybridized carbons (Fsp3) is 0.318. The zero-order chi connectivity index (χ0) is 20.7. The van der Waals surface area contributed by atoms with Crippen LogP contribution in [0, 0.1) is 0 Å². The van der Waals surface area contributed by atoms with Crippen LogP contribution >= 0.6 is 11.6 Å². The molecule has 0 unspecified atom stereocenters. The van der Waals surface area contributed by atoms with Crippen LogP contribution in [0.5, 0.6) is 0 Å². The number of oxazole rings is 1. The zero-order valence-corrected chi connectivity index (χ0v) is 17.3. The van der Waals surface area contributed by atoms with E-state index in [9.17, 15) is 4.79 Å². The first-order valence-electron chi connectivity index (χ1n) is 9.98. The Hall–Kier alpha value is -2.90. The molecular formula is C22H21ClN4O3. The number of fused-ring (bicyclic) bond motifs is 2. The largest absolute Gasteiger partial charge is 0.436 e. The highest BCUT2D eigenvalue weighted by Crippen LogP contribution is 2.32. The molecule has 1 amide bonds. The van der Waals surface area contributed by atoms with Gasteiger partial charge in [-0.05, 0) is 49.2 Å². The monoisotopic (exact) mass is 424 g/mol. The van der Waals surface area contributed by atoms with Gasteiger partial charge in [0.15, 0.2) is 5.58 Å². The van der Waals surface area contributed by atoms with E-state index in [4.69, 9.17) is 25.7 Å². The Labute approximate surface area is 178 Å². The zero-order valence-electron chi connectivity index (χ0n) is 16.5. The number of benzene rings is 2. The van der Waals surface area contributed by atoms with Crippen molar-refractivity contribution in [3.05, 3.63) is 47.2 Å². The molecule has 5 rings (SSSR count). The van der Waals surface area contributed by atoms with Crippen molar-refractivity contribution in [1.82, 2.24) is 19.9 Å². The number of imidazole rings is 1. The number of hydrogen-bond acceptors (Lipinski definition) is 5. The number of carbonyl (C=O) groups excluding carboxylic acids is 1. The summed E-state index contributed by atoms with van der Waals surface area (Å²) in [5, 5.41) is 3.50. The van der Waals surface area contributed by atoms with Gasteiger partial charge >= 0.3 is 0 Å². The Morgan fingerprint density at radius 2 is 2.00 bits per heavy atom. The molecule has 2 aromatic carbocycles. The fourth-order valence-corrected chi connectivity index (χ4v) is 4.15. The van der Waals surface area contributed by atoms with Crippen LogP contribution in [0.1, 0.15) is 31.6 Å². The van der Waals surface area contributed by atoms with Crippen molar-refractivity contribution in [1.29, 1.82) is 0 Å². The molecule has 0 aliphatic carbocycles. The molecule has 30 heavy (non-hydrogen) atoms. The summed E-state index contributed by atoms with van der Waals surface area (Å²) < 4.78 is 13.7. The van der Waals surface area contributed by atoms with Gasteiger partial charge in [-0.15, -0.1) is 0 Å². The Morgan fingerprint density at radius 1 is 1.17 bits per heavy atom. The maximum Gasteiger partial charge on any atom is 0.227 e. The van der Waals surface area contributed by atoms with Gasteiger partial charge < -0.3 is 19.0 Å². The summed E-state index contributed by atoms with van der Waals surface area (Å²) in [5.74, 6) is 1.29. The average molecular weight is 425 g/mol. The third-order valence-electron chi connectivity index (χ3n) is 5.41. The molecule has 1 fully saturated rings. The van der Waals surface area contributed by atoms with E-state index in [1.165, 1.54) is 6.92 Å². The van der Waals surface area contributed by atoms with Crippen LogP contribution in [0.2, 0.25) is 5.02 Å². The lowest BCUT2D eigenvalue weighted by Gasteiger charge is -2.25. The number of ether oxygens (including phenoxy) is 1. The molecule has 1 N–H and O–H groups in total. The van der Waals surface area contributed by atoms with Crippen LogP contribution in [0.15, 0.2) is 40.8 Å². The topological polar surface area (TPSA) is 82.2 Å². The molecule has 7 nitrogen and oxygen atoms in total. The number of nitrogens with one attached hydrogen (secondary N) is 1. The summed E-state index contributed by atoms with van der Waals surface area (Å²) in [6.45, 7) is 3.36. The van der Waals surface area contributed by atoms with E-state index in [-0.39, 0.29) is 5.91 Å². The normalized spacial score (nSPS) is 15.1. The van der Waals surface area contributed by atoms with E-state index in [0.717, 1.165) is 54.0 Å². The van der Waals surface area contributed by atoms with E-state index >= 15 is 0 Å². The second kappa shape index (κ2) is 7.74. The van der Waals surface area contributed by atoms with Gasteiger partial charge in [-0.3, -0.25) is 4.79 Å². The van der Waals surface area contributed by atoms with Crippen molar-refractivity contribution in [2.24, 2.45) is 0 Å². The minimum atomic E-state index is -0.0774. The molecular weight excluding hydrogens is 404 g/mol. The molecule has 3 heterocycles. The van der Waals surface area contributed by atoms with E-state index < -0.39 is 0 Å². The lowest BCUT2D eigenvalue weighted by molar-refractivity contribution is -0.119. The van der Waals surface area contributed by atoms with E-state index in [2.05, 4.69) is 14.9 Å². The van der Waals surface area contributed by atoms with E-state index in [1.807, 2.05) is 24.3 Å². The first kappa shape index (κ1) is 19.1.